The van der Waals surface area contributed by atoms with E-state index >= 15 is 0 Å². The molecule has 1 unspecified atom stereocenters. The van der Waals surface area contributed by atoms with Crippen LogP contribution in [-0.2, 0) is 0 Å². The Kier molecular flexibility index (Phi) is 13.1. The van der Waals surface area contributed by atoms with Gasteiger partial charge in [-0.05, 0) is 25.0 Å². The molecule has 0 saturated carbocycles. The molecule has 0 amide bonds. The van der Waals surface area contributed by atoms with Gasteiger partial charge in [0.1, 0.15) is 6.67 Å². The molecular weight excluding hydrogens is 398 g/mol. The number of para-hydroxylation sites is 1. The van der Waals surface area contributed by atoms with Crippen LogP contribution in [0, 0.1) is 0 Å². The second-order valence-corrected chi connectivity index (χ2v) is 7.58. The van der Waals surface area contributed by atoms with Crippen molar-refractivity contribution in [3.8, 4) is 0 Å². The number of unbranched alkanes of at least 4 members (excludes halogenated alkanes) is 8. The highest BCUT2D eigenvalue weighted by Gasteiger charge is 2.19. The van der Waals surface area contributed by atoms with Crippen LogP contribution in [0.1, 0.15) is 84.5 Å². The molecule has 0 fully saturated rings. The summed E-state index contributed by atoms with van der Waals surface area (Å²) in [5.41, 5.74) is 4.60. The van der Waals surface area contributed by atoms with Gasteiger partial charge in [-0.2, -0.15) is 0 Å². The lowest BCUT2D eigenvalue weighted by atomic mass is 10.0. The van der Waals surface area contributed by atoms with Gasteiger partial charge < -0.3 is 4.90 Å². The number of nitrogens with one attached hydrogen (secondary N) is 1. The summed E-state index contributed by atoms with van der Waals surface area (Å²) >= 11 is 0. The number of halogens is 1. The molecule has 3 nitrogen and oxygen atoms in total. The van der Waals surface area contributed by atoms with E-state index in [9.17, 15) is 0 Å². The molecule has 0 spiro atoms. The SMILES string of the molecule is Br.CCCCCCCCCCCC(CC)N1C=CN(Nc2ccccc2)C1. The van der Waals surface area contributed by atoms with E-state index in [-0.39, 0.29) is 17.0 Å². The molecule has 0 bridgehead atoms. The van der Waals surface area contributed by atoms with Crippen molar-refractivity contribution in [2.24, 2.45) is 0 Å². The van der Waals surface area contributed by atoms with Gasteiger partial charge in [0.15, 0.2) is 0 Å². The molecular formula is C23H40BrN3. The first kappa shape index (κ1) is 23.9. The van der Waals surface area contributed by atoms with Crippen LogP contribution >= 0.6 is 17.0 Å². The summed E-state index contributed by atoms with van der Waals surface area (Å²) in [6.45, 7) is 5.54. The van der Waals surface area contributed by atoms with Gasteiger partial charge in [-0.1, -0.05) is 89.8 Å². The molecule has 1 aliphatic rings. The summed E-state index contributed by atoms with van der Waals surface area (Å²) in [7, 11) is 0. The van der Waals surface area contributed by atoms with Crippen molar-refractivity contribution >= 4 is 22.7 Å². The largest absolute Gasteiger partial charge is 0.354 e. The van der Waals surface area contributed by atoms with E-state index in [1.165, 1.54) is 70.6 Å². The Bertz CT molecular complexity index is 492. The lowest BCUT2D eigenvalue weighted by molar-refractivity contribution is 0.210. The van der Waals surface area contributed by atoms with Crippen LogP contribution in [0.15, 0.2) is 42.7 Å². The maximum atomic E-state index is 3.46. The normalized spacial score (nSPS) is 14.3. The average molecular weight is 438 g/mol. The van der Waals surface area contributed by atoms with Crippen molar-refractivity contribution in [3.63, 3.8) is 0 Å². The van der Waals surface area contributed by atoms with Gasteiger partial charge in [0.2, 0.25) is 0 Å². The lowest BCUT2D eigenvalue weighted by Crippen LogP contribution is -2.35. The molecule has 0 aromatic heterocycles. The van der Waals surface area contributed by atoms with Crippen molar-refractivity contribution in [2.75, 3.05) is 12.1 Å². The van der Waals surface area contributed by atoms with Crippen molar-refractivity contribution < 1.29 is 0 Å². The molecule has 4 heteroatoms. The lowest BCUT2D eigenvalue weighted by Gasteiger charge is -2.29. The Morgan fingerprint density at radius 1 is 0.852 bits per heavy atom. The number of nitrogens with zero attached hydrogens (tertiary/aromatic N) is 2. The van der Waals surface area contributed by atoms with Crippen LogP contribution in [0.2, 0.25) is 0 Å². The second kappa shape index (κ2) is 14.8. The van der Waals surface area contributed by atoms with E-state index in [2.05, 4.69) is 71.9 Å². The summed E-state index contributed by atoms with van der Waals surface area (Å²) in [5.74, 6) is 0. The topological polar surface area (TPSA) is 18.5 Å². The molecule has 0 radical (unpaired) electrons. The zero-order chi connectivity index (χ0) is 18.5. The summed E-state index contributed by atoms with van der Waals surface area (Å²) < 4.78 is 0. The highest BCUT2D eigenvalue weighted by Crippen LogP contribution is 2.20. The van der Waals surface area contributed by atoms with Crippen molar-refractivity contribution in [2.45, 2.75) is 90.5 Å². The fourth-order valence-electron chi connectivity index (χ4n) is 3.72. The van der Waals surface area contributed by atoms with Crippen LogP contribution in [0.4, 0.5) is 5.69 Å². The van der Waals surface area contributed by atoms with E-state index in [1.54, 1.807) is 0 Å². The highest BCUT2D eigenvalue weighted by atomic mass is 79.9. The van der Waals surface area contributed by atoms with Crippen LogP contribution in [0.25, 0.3) is 0 Å². The third-order valence-corrected chi connectivity index (χ3v) is 5.38. The zero-order valence-corrected chi connectivity index (χ0v) is 19.1. The number of rotatable bonds is 14. The molecule has 1 aromatic rings. The predicted octanol–water partition coefficient (Wildman–Crippen LogP) is 7.34. The first-order chi connectivity index (χ1) is 12.8. The Morgan fingerprint density at radius 3 is 2.11 bits per heavy atom. The van der Waals surface area contributed by atoms with E-state index in [4.69, 9.17) is 0 Å². The molecule has 1 aromatic carbocycles. The van der Waals surface area contributed by atoms with Gasteiger partial charge in [-0.25, -0.2) is 0 Å². The smallest absolute Gasteiger partial charge is 0.109 e. The third kappa shape index (κ3) is 9.55. The first-order valence-corrected chi connectivity index (χ1v) is 10.9. The maximum absolute atomic E-state index is 3.46. The van der Waals surface area contributed by atoms with Crippen LogP contribution < -0.4 is 5.43 Å². The molecule has 27 heavy (non-hydrogen) atoms. The molecule has 0 saturated heterocycles. The van der Waals surface area contributed by atoms with E-state index < -0.39 is 0 Å². The monoisotopic (exact) mass is 437 g/mol. The van der Waals surface area contributed by atoms with Crippen LogP contribution in [-0.4, -0.2) is 22.6 Å². The number of benzene rings is 1. The van der Waals surface area contributed by atoms with E-state index in [0.717, 1.165) is 12.4 Å². The Labute approximate surface area is 177 Å². The van der Waals surface area contributed by atoms with Gasteiger partial charge in [0.25, 0.3) is 0 Å². The first-order valence-electron chi connectivity index (χ1n) is 10.9. The third-order valence-electron chi connectivity index (χ3n) is 5.38. The van der Waals surface area contributed by atoms with Gasteiger partial charge in [-0.15, -0.1) is 17.0 Å². The summed E-state index contributed by atoms with van der Waals surface area (Å²) in [6.07, 6.45) is 19.6. The van der Waals surface area contributed by atoms with Crippen molar-refractivity contribution in [1.29, 1.82) is 0 Å². The second-order valence-electron chi connectivity index (χ2n) is 7.58. The van der Waals surface area contributed by atoms with Crippen LogP contribution in [0.5, 0.6) is 0 Å². The van der Waals surface area contributed by atoms with Crippen molar-refractivity contribution in [3.05, 3.63) is 42.7 Å². The minimum Gasteiger partial charge on any atom is -0.354 e. The number of hydrogen-bond acceptors (Lipinski definition) is 3. The van der Waals surface area contributed by atoms with E-state index in [0.29, 0.717) is 6.04 Å². The Morgan fingerprint density at radius 2 is 1.48 bits per heavy atom. The number of hydrogen-bond donors (Lipinski definition) is 1. The van der Waals surface area contributed by atoms with E-state index in [1.807, 2.05) is 0 Å². The summed E-state index contributed by atoms with van der Waals surface area (Å²) in [5, 5.41) is 2.17. The standard InChI is InChI=1S/C23H39N3.BrH/c1-3-5-6-7-8-9-10-11-15-18-23(4-2)25-19-20-26(21-25)24-22-16-13-12-14-17-22;/h12-14,16-17,19-20,23-24H,3-11,15,18,21H2,1-2H3;1H. The Hall–Kier alpha value is -1.16. The number of hydrazine groups is 1. The molecule has 1 heterocycles. The molecule has 1 N–H and O–H groups in total. The molecule has 2 rings (SSSR count). The minimum atomic E-state index is 0. The highest BCUT2D eigenvalue weighted by molar-refractivity contribution is 8.93. The maximum Gasteiger partial charge on any atom is 0.109 e. The fraction of sp³-hybridized carbons (Fsp3) is 0.652. The molecule has 1 aliphatic heterocycles. The van der Waals surface area contributed by atoms with Gasteiger partial charge in [0, 0.05) is 18.4 Å². The van der Waals surface area contributed by atoms with Gasteiger partial charge in [-0.3, -0.25) is 10.4 Å². The number of anilines is 1. The van der Waals surface area contributed by atoms with Gasteiger partial charge >= 0.3 is 0 Å². The average Bonchev–Trinajstić information content (AvgIpc) is 3.12. The predicted molar refractivity (Wildman–Crippen MR) is 124 cm³/mol. The Balaban J connectivity index is 0.00000364. The summed E-state index contributed by atoms with van der Waals surface area (Å²) in [6, 6.07) is 11.1. The van der Waals surface area contributed by atoms with Gasteiger partial charge in [0.05, 0.1) is 5.69 Å². The van der Waals surface area contributed by atoms with Crippen molar-refractivity contribution in [1.82, 2.24) is 9.91 Å². The molecule has 154 valence electrons. The molecule has 0 aliphatic carbocycles. The summed E-state index contributed by atoms with van der Waals surface area (Å²) in [4.78, 5) is 2.49. The quantitative estimate of drug-likeness (QED) is 0.307. The van der Waals surface area contributed by atoms with Crippen LogP contribution in [0.3, 0.4) is 0 Å². The zero-order valence-electron chi connectivity index (χ0n) is 17.4. The molecule has 1 atom stereocenters. The minimum absolute atomic E-state index is 0. The fourth-order valence-corrected chi connectivity index (χ4v) is 3.72.